The molecule has 0 atom stereocenters. The number of rotatable bonds is 3. The van der Waals surface area contributed by atoms with Gasteiger partial charge < -0.3 is 10.5 Å². The second kappa shape index (κ2) is 3.86. The first-order valence-corrected chi connectivity index (χ1v) is 4.36. The quantitative estimate of drug-likeness (QED) is 0.848. The van der Waals surface area contributed by atoms with Crippen LogP contribution in [0, 0.1) is 0 Å². The molecule has 1 aromatic rings. The highest BCUT2D eigenvalue weighted by molar-refractivity contribution is 9.10. The summed E-state index contributed by atoms with van der Waals surface area (Å²) in [7, 11) is 0. The molecule has 6 heteroatoms. The molecule has 0 aromatic carbocycles. The molecule has 0 aliphatic rings. The fourth-order valence-corrected chi connectivity index (χ4v) is 1.00. The van der Waals surface area contributed by atoms with Crippen LogP contribution in [0.3, 0.4) is 0 Å². The van der Waals surface area contributed by atoms with Crippen molar-refractivity contribution in [2.75, 3.05) is 5.73 Å². The molecule has 0 saturated carbocycles. The second-order valence-corrected chi connectivity index (χ2v) is 3.29. The molecule has 1 heterocycles. The van der Waals surface area contributed by atoms with E-state index in [0.717, 1.165) is 0 Å². The number of nitrogens with two attached hydrogens (primary N) is 1. The summed E-state index contributed by atoms with van der Waals surface area (Å²) in [6.07, 6.45) is 0.169. The van der Waals surface area contributed by atoms with Crippen LogP contribution in [0.2, 0.25) is 0 Å². The van der Waals surface area contributed by atoms with Gasteiger partial charge >= 0.3 is 0 Å². The normalized spacial score (nSPS) is 11.0. The zero-order valence-corrected chi connectivity index (χ0v) is 8.58. The third-order valence-electron chi connectivity index (χ3n) is 1.17. The van der Waals surface area contributed by atoms with E-state index in [-0.39, 0.29) is 12.1 Å². The van der Waals surface area contributed by atoms with Gasteiger partial charge in [-0.15, -0.1) is 5.10 Å². The zero-order chi connectivity index (χ0) is 9.14. The van der Waals surface area contributed by atoms with Gasteiger partial charge in [-0.1, -0.05) is 0 Å². The summed E-state index contributed by atoms with van der Waals surface area (Å²) < 4.78 is 7.43. The molecule has 0 radical (unpaired) electrons. The summed E-state index contributed by atoms with van der Waals surface area (Å²) in [6.45, 7) is 4.27. The van der Waals surface area contributed by atoms with Gasteiger partial charge in [0.2, 0.25) is 5.95 Å². The lowest BCUT2D eigenvalue weighted by molar-refractivity contribution is 0.0207. The van der Waals surface area contributed by atoms with Gasteiger partial charge in [0.05, 0.1) is 6.10 Å². The molecule has 68 valence electrons. The fourth-order valence-electron chi connectivity index (χ4n) is 0.641. The number of ether oxygens (including phenoxy) is 1. The van der Waals surface area contributed by atoms with Crippen molar-refractivity contribution in [3.05, 3.63) is 4.73 Å². The predicted octanol–water partition coefficient (Wildman–Crippen LogP) is 1.01. The van der Waals surface area contributed by atoms with E-state index in [9.17, 15) is 0 Å². The topological polar surface area (TPSA) is 66.0 Å². The first kappa shape index (κ1) is 9.47. The van der Waals surface area contributed by atoms with Crippen molar-refractivity contribution in [1.82, 2.24) is 14.8 Å². The lowest BCUT2D eigenvalue weighted by Gasteiger charge is -2.06. The Kier molecular flexibility index (Phi) is 3.05. The van der Waals surface area contributed by atoms with Gasteiger partial charge in [-0.25, -0.2) is 4.68 Å². The van der Waals surface area contributed by atoms with Crippen LogP contribution in [0.4, 0.5) is 5.95 Å². The van der Waals surface area contributed by atoms with Gasteiger partial charge in [-0.2, -0.15) is 4.98 Å². The Bertz CT molecular complexity index is 260. The second-order valence-electron chi connectivity index (χ2n) is 2.58. The van der Waals surface area contributed by atoms with Crippen molar-refractivity contribution < 1.29 is 4.74 Å². The summed E-state index contributed by atoms with van der Waals surface area (Å²) in [4.78, 5) is 3.86. The van der Waals surface area contributed by atoms with Crippen LogP contribution >= 0.6 is 15.9 Å². The lowest BCUT2D eigenvalue weighted by Crippen LogP contribution is -2.10. The van der Waals surface area contributed by atoms with Gasteiger partial charge in [0.15, 0.2) is 4.73 Å². The van der Waals surface area contributed by atoms with Crippen LogP contribution in [0.1, 0.15) is 13.8 Å². The number of nitrogen functional groups attached to an aromatic ring is 1. The highest BCUT2D eigenvalue weighted by Gasteiger charge is 2.04. The van der Waals surface area contributed by atoms with Gasteiger partial charge in [-0.05, 0) is 29.8 Å². The number of halogens is 1. The number of nitrogens with zero attached hydrogens (tertiary/aromatic N) is 3. The van der Waals surface area contributed by atoms with Crippen molar-refractivity contribution in [2.45, 2.75) is 26.7 Å². The van der Waals surface area contributed by atoms with Crippen LogP contribution in [-0.4, -0.2) is 20.9 Å². The Balaban J connectivity index is 2.57. The van der Waals surface area contributed by atoms with Crippen LogP contribution in [-0.2, 0) is 11.5 Å². The highest BCUT2D eigenvalue weighted by atomic mass is 79.9. The van der Waals surface area contributed by atoms with E-state index in [4.69, 9.17) is 10.5 Å². The predicted molar refractivity (Wildman–Crippen MR) is 48.4 cm³/mol. The zero-order valence-electron chi connectivity index (χ0n) is 6.99. The van der Waals surface area contributed by atoms with E-state index in [1.807, 2.05) is 13.8 Å². The molecule has 0 fully saturated rings. The maximum atomic E-state index is 5.36. The molecule has 0 aliphatic carbocycles. The first-order chi connectivity index (χ1) is 5.59. The summed E-state index contributed by atoms with van der Waals surface area (Å²) in [5.74, 6) is 0.245. The maximum Gasteiger partial charge on any atom is 0.240 e. The molecule has 1 aromatic heterocycles. The van der Waals surface area contributed by atoms with Gasteiger partial charge in [0.25, 0.3) is 0 Å². The average Bonchev–Trinajstić information content (AvgIpc) is 2.26. The molecule has 0 spiro atoms. The smallest absolute Gasteiger partial charge is 0.240 e. The monoisotopic (exact) mass is 234 g/mol. The number of hydrogen-bond acceptors (Lipinski definition) is 4. The summed E-state index contributed by atoms with van der Waals surface area (Å²) >= 11 is 3.20. The number of aromatic nitrogens is 3. The van der Waals surface area contributed by atoms with E-state index in [1.54, 1.807) is 4.68 Å². The van der Waals surface area contributed by atoms with Gasteiger partial charge in [-0.3, -0.25) is 0 Å². The van der Waals surface area contributed by atoms with Crippen LogP contribution in [0.15, 0.2) is 4.73 Å². The van der Waals surface area contributed by atoms with Crippen molar-refractivity contribution in [3.8, 4) is 0 Å². The van der Waals surface area contributed by atoms with Crippen molar-refractivity contribution in [1.29, 1.82) is 0 Å². The van der Waals surface area contributed by atoms with E-state index in [1.165, 1.54) is 0 Å². The van der Waals surface area contributed by atoms with Gasteiger partial charge in [0.1, 0.15) is 6.73 Å². The van der Waals surface area contributed by atoms with Gasteiger partial charge in [0, 0.05) is 0 Å². The van der Waals surface area contributed by atoms with E-state index in [2.05, 4.69) is 26.0 Å². The van der Waals surface area contributed by atoms with Crippen molar-refractivity contribution in [3.63, 3.8) is 0 Å². The van der Waals surface area contributed by atoms with Crippen molar-refractivity contribution >= 4 is 21.9 Å². The van der Waals surface area contributed by atoms with E-state index in [0.29, 0.717) is 11.5 Å². The third kappa shape index (κ3) is 2.46. The van der Waals surface area contributed by atoms with Crippen LogP contribution in [0.5, 0.6) is 0 Å². The van der Waals surface area contributed by atoms with E-state index >= 15 is 0 Å². The Hall–Kier alpha value is -0.620. The minimum atomic E-state index is 0.169. The van der Waals surface area contributed by atoms with E-state index < -0.39 is 0 Å². The fraction of sp³-hybridized carbons (Fsp3) is 0.667. The number of anilines is 1. The third-order valence-corrected chi connectivity index (χ3v) is 1.76. The number of hydrogen-bond donors (Lipinski definition) is 1. The Morgan fingerprint density at radius 3 is 2.75 bits per heavy atom. The highest BCUT2D eigenvalue weighted by Crippen LogP contribution is 2.08. The average molecular weight is 235 g/mol. The molecule has 0 amide bonds. The first-order valence-electron chi connectivity index (χ1n) is 3.57. The molecule has 0 aliphatic heterocycles. The molecule has 1 rings (SSSR count). The molecular weight excluding hydrogens is 224 g/mol. The maximum absolute atomic E-state index is 5.36. The molecular formula is C6H11BrN4O. The summed E-state index contributed by atoms with van der Waals surface area (Å²) in [5.41, 5.74) is 5.36. The minimum absolute atomic E-state index is 0.169. The molecule has 2 N–H and O–H groups in total. The van der Waals surface area contributed by atoms with Crippen LogP contribution < -0.4 is 5.73 Å². The molecule has 12 heavy (non-hydrogen) atoms. The molecule has 5 nitrogen and oxygen atoms in total. The SMILES string of the molecule is CC(C)OCn1nc(N)nc1Br. The standard InChI is InChI=1S/C6H11BrN4O/c1-4(2)12-3-11-5(7)9-6(8)10-11/h4H,3H2,1-2H3,(H2,8,10). The largest absolute Gasteiger partial charge is 0.366 e. The van der Waals surface area contributed by atoms with Crippen molar-refractivity contribution in [2.24, 2.45) is 0 Å². The Morgan fingerprint density at radius 2 is 2.33 bits per heavy atom. The summed E-state index contributed by atoms with van der Waals surface area (Å²) in [5, 5.41) is 3.89. The Morgan fingerprint density at radius 1 is 1.67 bits per heavy atom. The lowest BCUT2D eigenvalue weighted by atomic mass is 10.5. The molecule has 0 unspecified atom stereocenters. The minimum Gasteiger partial charge on any atom is -0.366 e. The van der Waals surface area contributed by atoms with Crippen LogP contribution in [0.25, 0.3) is 0 Å². The molecule has 0 saturated heterocycles. The summed E-state index contributed by atoms with van der Waals surface area (Å²) in [6, 6.07) is 0. The molecule has 0 bridgehead atoms. The Labute approximate surface area is 79.0 Å².